The first-order chi connectivity index (χ1) is 8.13. The molecule has 18 heavy (non-hydrogen) atoms. The highest BCUT2D eigenvalue weighted by Crippen LogP contribution is 2.30. The summed E-state index contributed by atoms with van der Waals surface area (Å²) >= 11 is 0. The van der Waals surface area contributed by atoms with Crippen molar-refractivity contribution in [1.29, 1.82) is 0 Å². The van der Waals surface area contributed by atoms with E-state index in [1.165, 1.54) is 12.1 Å². The maximum Gasteiger partial charge on any atom is 0.265 e. The van der Waals surface area contributed by atoms with E-state index in [0.717, 1.165) is 12.3 Å². The van der Waals surface area contributed by atoms with E-state index in [9.17, 15) is 16.8 Å². The van der Waals surface area contributed by atoms with Crippen LogP contribution in [-0.2, 0) is 19.1 Å². The normalized spacial score (nSPS) is 12.2. The second-order valence-corrected chi connectivity index (χ2v) is 7.69. The highest BCUT2D eigenvalue weighted by atomic mass is 35.7. The van der Waals surface area contributed by atoms with Crippen LogP contribution in [-0.4, -0.2) is 29.7 Å². The van der Waals surface area contributed by atoms with Crippen LogP contribution in [0.2, 0.25) is 0 Å². The Morgan fingerprint density at radius 2 is 1.89 bits per heavy atom. The van der Waals surface area contributed by atoms with Gasteiger partial charge in [0, 0.05) is 10.7 Å². The van der Waals surface area contributed by atoms with Gasteiger partial charge in [-0.2, -0.15) is 0 Å². The van der Waals surface area contributed by atoms with Gasteiger partial charge in [-0.25, -0.2) is 16.8 Å². The molecule has 0 aliphatic heterocycles. The van der Waals surface area contributed by atoms with Crippen molar-refractivity contribution >= 4 is 35.4 Å². The summed E-state index contributed by atoms with van der Waals surface area (Å²) < 4.78 is 52.1. The molecule has 0 atom stereocenters. The predicted molar refractivity (Wildman–Crippen MR) is 69.1 cm³/mol. The molecule has 0 spiro atoms. The minimum atomic E-state index is -4.02. The summed E-state index contributed by atoms with van der Waals surface area (Å²) in [6.07, 6.45) is 0.957. The Morgan fingerprint density at radius 1 is 1.28 bits per heavy atom. The Morgan fingerprint density at radius 3 is 2.33 bits per heavy atom. The van der Waals surface area contributed by atoms with Crippen LogP contribution in [0.5, 0.6) is 5.75 Å². The molecule has 0 unspecified atom stereocenters. The number of halogens is 1. The zero-order valence-corrected chi connectivity index (χ0v) is 12.1. The number of nitrogens with one attached hydrogen (secondary N) is 1. The number of anilines is 1. The van der Waals surface area contributed by atoms with Gasteiger partial charge in [0.1, 0.15) is 10.6 Å². The lowest BCUT2D eigenvalue weighted by Gasteiger charge is -2.10. The molecule has 102 valence electrons. The van der Waals surface area contributed by atoms with E-state index in [2.05, 4.69) is 4.72 Å². The molecule has 0 saturated heterocycles. The zero-order valence-electron chi connectivity index (χ0n) is 9.67. The van der Waals surface area contributed by atoms with Crippen LogP contribution in [0.15, 0.2) is 23.1 Å². The fourth-order valence-corrected chi connectivity index (χ4v) is 2.80. The van der Waals surface area contributed by atoms with Gasteiger partial charge in [0.05, 0.1) is 18.6 Å². The summed E-state index contributed by atoms with van der Waals surface area (Å²) in [4.78, 5) is -0.278. The number of sulfonamides is 1. The van der Waals surface area contributed by atoms with E-state index in [0.29, 0.717) is 0 Å². The van der Waals surface area contributed by atoms with Crippen molar-refractivity contribution in [3.63, 3.8) is 0 Å². The highest BCUT2D eigenvalue weighted by Gasteiger charge is 2.18. The van der Waals surface area contributed by atoms with Crippen LogP contribution < -0.4 is 9.46 Å². The molecule has 0 radical (unpaired) electrons. The molecule has 1 aromatic carbocycles. The Bertz CT molecular complexity index is 639. The standard InChI is InChI=1S/C9H12ClNO5S2/c1-3-16-8-5-4-7(11-17(2,12)13)6-9(8)18(10,14)15/h4-6,11H,3H2,1-2H3. The molecule has 0 amide bonds. The van der Waals surface area contributed by atoms with Crippen molar-refractivity contribution in [2.24, 2.45) is 0 Å². The molecular formula is C9H12ClNO5S2. The minimum Gasteiger partial charge on any atom is -0.492 e. The molecule has 1 N–H and O–H groups in total. The highest BCUT2D eigenvalue weighted by molar-refractivity contribution is 8.13. The molecule has 0 heterocycles. The van der Waals surface area contributed by atoms with Gasteiger partial charge < -0.3 is 4.74 Å². The number of ether oxygens (including phenoxy) is 1. The van der Waals surface area contributed by atoms with Crippen LogP contribution in [0.3, 0.4) is 0 Å². The molecule has 0 fully saturated rings. The van der Waals surface area contributed by atoms with E-state index >= 15 is 0 Å². The molecule has 1 rings (SSSR count). The van der Waals surface area contributed by atoms with Crippen LogP contribution in [0.1, 0.15) is 6.92 Å². The topological polar surface area (TPSA) is 89.5 Å². The van der Waals surface area contributed by atoms with Crippen LogP contribution in [0, 0.1) is 0 Å². The third-order valence-corrected chi connectivity index (χ3v) is 3.76. The Balaban J connectivity index is 3.30. The number of hydrogen-bond donors (Lipinski definition) is 1. The smallest absolute Gasteiger partial charge is 0.265 e. The van der Waals surface area contributed by atoms with E-state index in [-0.39, 0.29) is 22.9 Å². The molecular weight excluding hydrogens is 302 g/mol. The van der Waals surface area contributed by atoms with Crippen LogP contribution >= 0.6 is 10.7 Å². The third kappa shape index (κ3) is 4.35. The van der Waals surface area contributed by atoms with E-state index in [4.69, 9.17) is 15.4 Å². The first-order valence-electron chi connectivity index (χ1n) is 4.83. The Labute approximate surface area is 110 Å². The Hall–Kier alpha value is -0.990. The Kier molecular flexibility index (Phi) is 4.46. The SMILES string of the molecule is CCOc1ccc(NS(C)(=O)=O)cc1S(=O)(=O)Cl. The summed E-state index contributed by atoms with van der Waals surface area (Å²) in [5.41, 5.74) is 0.0974. The van der Waals surface area contributed by atoms with Crippen molar-refractivity contribution in [3.8, 4) is 5.75 Å². The van der Waals surface area contributed by atoms with Gasteiger partial charge in [-0.1, -0.05) is 0 Å². The lowest BCUT2D eigenvalue weighted by molar-refractivity contribution is 0.331. The van der Waals surface area contributed by atoms with Gasteiger partial charge in [-0.15, -0.1) is 0 Å². The van der Waals surface area contributed by atoms with Gasteiger partial charge >= 0.3 is 0 Å². The molecule has 0 aromatic heterocycles. The second kappa shape index (κ2) is 5.33. The summed E-state index contributed by atoms with van der Waals surface area (Å²) in [7, 11) is -2.26. The van der Waals surface area contributed by atoms with Crippen molar-refractivity contribution < 1.29 is 21.6 Å². The summed E-state index contributed by atoms with van der Waals surface area (Å²) in [6, 6.07) is 3.83. The number of rotatable bonds is 5. The second-order valence-electron chi connectivity index (χ2n) is 3.41. The summed E-state index contributed by atoms with van der Waals surface area (Å²) in [6.45, 7) is 1.95. The van der Waals surface area contributed by atoms with Gasteiger partial charge in [0.25, 0.3) is 9.05 Å². The molecule has 0 bridgehead atoms. The predicted octanol–water partition coefficient (Wildman–Crippen LogP) is 1.38. The van der Waals surface area contributed by atoms with Crippen LogP contribution in [0.4, 0.5) is 5.69 Å². The first kappa shape index (κ1) is 15.1. The van der Waals surface area contributed by atoms with E-state index in [1.807, 2.05) is 0 Å². The molecule has 0 aliphatic carbocycles. The maximum absolute atomic E-state index is 11.4. The molecule has 9 heteroatoms. The molecule has 1 aromatic rings. The number of benzene rings is 1. The first-order valence-corrected chi connectivity index (χ1v) is 9.03. The quantitative estimate of drug-likeness (QED) is 0.830. The van der Waals surface area contributed by atoms with E-state index < -0.39 is 19.1 Å². The lowest BCUT2D eigenvalue weighted by atomic mass is 10.3. The molecule has 0 aliphatic rings. The fraction of sp³-hybridized carbons (Fsp3) is 0.333. The van der Waals surface area contributed by atoms with Crippen molar-refractivity contribution in [1.82, 2.24) is 0 Å². The van der Waals surface area contributed by atoms with Gasteiger partial charge in [0.15, 0.2) is 0 Å². The fourth-order valence-electron chi connectivity index (χ4n) is 1.25. The summed E-state index contributed by atoms with van der Waals surface area (Å²) in [5, 5.41) is 0. The zero-order chi connectivity index (χ0) is 14.0. The lowest BCUT2D eigenvalue weighted by Crippen LogP contribution is -2.10. The minimum absolute atomic E-state index is 0.0755. The average Bonchev–Trinajstić information content (AvgIpc) is 2.16. The van der Waals surface area contributed by atoms with E-state index in [1.54, 1.807) is 6.92 Å². The monoisotopic (exact) mass is 313 g/mol. The maximum atomic E-state index is 11.4. The largest absolute Gasteiger partial charge is 0.492 e. The van der Waals surface area contributed by atoms with Crippen molar-refractivity contribution in [3.05, 3.63) is 18.2 Å². The van der Waals surface area contributed by atoms with Gasteiger partial charge in [0.2, 0.25) is 10.0 Å². The van der Waals surface area contributed by atoms with Crippen molar-refractivity contribution in [2.75, 3.05) is 17.6 Å². The third-order valence-electron chi connectivity index (χ3n) is 1.81. The van der Waals surface area contributed by atoms with Gasteiger partial charge in [-0.05, 0) is 25.1 Å². The molecule has 6 nitrogen and oxygen atoms in total. The summed E-state index contributed by atoms with van der Waals surface area (Å²) in [5.74, 6) is 0.0755. The molecule has 0 saturated carbocycles. The van der Waals surface area contributed by atoms with Crippen LogP contribution in [0.25, 0.3) is 0 Å². The van der Waals surface area contributed by atoms with Crippen molar-refractivity contribution in [2.45, 2.75) is 11.8 Å². The average molecular weight is 314 g/mol. The van der Waals surface area contributed by atoms with Gasteiger partial charge in [-0.3, -0.25) is 4.72 Å². The number of hydrogen-bond acceptors (Lipinski definition) is 5.